The lowest BCUT2D eigenvalue weighted by atomic mass is 9.71. The van der Waals surface area contributed by atoms with E-state index in [4.69, 9.17) is 0 Å². The van der Waals surface area contributed by atoms with E-state index in [1.807, 2.05) is 24.3 Å². The summed E-state index contributed by atoms with van der Waals surface area (Å²) in [6.07, 6.45) is 2.84. The standard InChI is InChI=1S/C20H25O4P/c1-4-20(5-2,6-3)18-10-8-7-9-17(18)19(21)15-11-13-16(14-12-15)25(22,23)24/h7-14H,4-6H2,1-3H3,(H2,22,23,24). The molecule has 0 aliphatic heterocycles. The molecule has 4 nitrogen and oxygen atoms in total. The van der Waals surface area contributed by atoms with Gasteiger partial charge in [0.2, 0.25) is 0 Å². The third-order valence-electron chi connectivity index (χ3n) is 5.24. The van der Waals surface area contributed by atoms with Crippen molar-refractivity contribution in [2.75, 3.05) is 0 Å². The molecule has 0 amide bonds. The molecule has 0 spiro atoms. The zero-order valence-corrected chi connectivity index (χ0v) is 15.8. The van der Waals surface area contributed by atoms with Crippen LogP contribution in [0.4, 0.5) is 0 Å². The molecule has 2 rings (SSSR count). The maximum absolute atomic E-state index is 13.0. The molecule has 0 radical (unpaired) electrons. The van der Waals surface area contributed by atoms with Gasteiger partial charge in [-0.05, 0) is 42.4 Å². The summed E-state index contributed by atoms with van der Waals surface area (Å²) < 4.78 is 11.3. The zero-order chi connectivity index (χ0) is 18.7. The van der Waals surface area contributed by atoms with Crippen LogP contribution in [0.15, 0.2) is 48.5 Å². The molecule has 2 aromatic rings. The van der Waals surface area contributed by atoms with Gasteiger partial charge in [-0.15, -0.1) is 0 Å². The Morgan fingerprint density at radius 2 is 1.44 bits per heavy atom. The van der Waals surface area contributed by atoms with Crippen molar-refractivity contribution < 1.29 is 19.1 Å². The van der Waals surface area contributed by atoms with E-state index >= 15 is 0 Å². The maximum Gasteiger partial charge on any atom is 0.356 e. The van der Waals surface area contributed by atoms with Crippen molar-refractivity contribution in [3.05, 3.63) is 65.2 Å². The Morgan fingerprint density at radius 3 is 1.92 bits per heavy atom. The molecular weight excluding hydrogens is 335 g/mol. The van der Waals surface area contributed by atoms with Gasteiger partial charge in [-0.3, -0.25) is 9.36 Å². The minimum atomic E-state index is -4.30. The first-order chi connectivity index (χ1) is 11.8. The van der Waals surface area contributed by atoms with E-state index in [9.17, 15) is 19.1 Å². The average Bonchev–Trinajstić information content (AvgIpc) is 2.63. The fraction of sp³-hybridized carbons (Fsp3) is 0.350. The summed E-state index contributed by atoms with van der Waals surface area (Å²) in [7, 11) is -4.30. The zero-order valence-electron chi connectivity index (χ0n) is 14.9. The Labute approximate surface area is 149 Å². The van der Waals surface area contributed by atoms with E-state index in [1.165, 1.54) is 24.3 Å². The van der Waals surface area contributed by atoms with Crippen molar-refractivity contribution in [2.24, 2.45) is 0 Å². The van der Waals surface area contributed by atoms with Gasteiger partial charge in [0.25, 0.3) is 0 Å². The van der Waals surface area contributed by atoms with Crippen LogP contribution in [0.2, 0.25) is 0 Å². The van der Waals surface area contributed by atoms with Crippen molar-refractivity contribution in [1.29, 1.82) is 0 Å². The van der Waals surface area contributed by atoms with Gasteiger partial charge in [0.1, 0.15) is 0 Å². The normalized spacial score (nSPS) is 12.2. The van der Waals surface area contributed by atoms with Crippen molar-refractivity contribution in [1.82, 2.24) is 0 Å². The number of hydrogen-bond acceptors (Lipinski definition) is 2. The van der Waals surface area contributed by atoms with Crippen molar-refractivity contribution in [3.8, 4) is 0 Å². The van der Waals surface area contributed by atoms with Gasteiger partial charge in [0, 0.05) is 11.1 Å². The van der Waals surface area contributed by atoms with Crippen LogP contribution in [0.5, 0.6) is 0 Å². The molecule has 5 heteroatoms. The number of rotatable bonds is 7. The molecule has 0 saturated heterocycles. The second-order valence-electron chi connectivity index (χ2n) is 6.31. The fourth-order valence-corrected chi connectivity index (χ4v) is 3.96. The number of benzene rings is 2. The van der Waals surface area contributed by atoms with Crippen LogP contribution in [0, 0.1) is 0 Å². The third kappa shape index (κ3) is 3.92. The summed E-state index contributed by atoms with van der Waals surface area (Å²) in [5, 5.41) is -0.0812. The van der Waals surface area contributed by atoms with Crippen LogP contribution in [0.1, 0.15) is 61.5 Å². The largest absolute Gasteiger partial charge is 0.356 e. The van der Waals surface area contributed by atoms with E-state index in [-0.39, 0.29) is 16.5 Å². The van der Waals surface area contributed by atoms with Crippen molar-refractivity contribution in [3.63, 3.8) is 0 Å². The van der Waals surface area contributed by atoms with Crippen molar-refractivity contribution in [2.45, 2.75) is 45.4 Å². The van der Waals surface area contributed by atoms with Crippen LogP contribution in [-0.4, -0.2) is 15.6 Å². The molecule has 0 saturated carbocycles. The second kappa shape index (κ2) is 7.65. The summed E-state index contributed by atoms with van der Waals surface area (Å²) in [5.74, 6) is -0.118. The lowest BCUT2D eigenvalue weighted by Gasteiger charge is -2.33. The Kier molecular flexibility index (Phi) is 5.99. The topological polar surface area (TPSA) is 74.6 Å². The lowest BCUT2D eigenvalue weighted by Crippen LogP contribution is -2.26. The molecule has 0 aromatic heterocycles. The summed E-state index contributed by atoms with van der Waals surface area (Å²) in [4.78, 5) is 31.4. The Morgan fingerprint density at radius 1 is 0.920 bits per heavy atom. The van der Waals surface area contributed by atoms with Crippen molar-refractivity contribution >= 4 is 18.7 Å². The lowest BCUT2D eigenvalue weighted by molar-refractivity contribution is 0.103. The second-order valence-corrected chi connectivity index (χ2v) is 7.91. The Hall–Kier alpha value is -1.74. The Balaban J connectivity index is 2.49. The first kappa shape index (κ1) is 19.6. The molecule has 0 bridgehead atoms. The van der Waals surface area contributed by atoms with Crippen LogP contribution in [-0.2, 0) is 9.98 Å². The number of hydrogen-bond donors (Lipinski definition) is 2. The number of carbonyl (C=O) groups is 1. The first-order valence-corrected chi connectivity index (χ1v) is 10.2. The van der Waals surface area contributed by atoms with Crippen LogP contribution >= 0.6 is 7.60 Å². The SMILES string of the molecule is CCC(CC)(CC)c1ccccc1C(=O)c1ccc(P(=O)(O)O)cc1. The molecule has 0 atom stereocenters. The Bertz CT molecular complexity index is 777. The molecule has 134 valence electrons. The fourth-order valence-electron chi connectivity index (χ4n) is 3.43. The van der Waals surface area contributed by atoms with E-state index in [0.717, 1.165) is 24.8 Å². The average molecular weight is 360 g/mol. The van der Waals surface area contributed by atoms with Gasteiger partial charge < -0.3 is 9.79 Å². The highest BCUT2D eigenvalue weighted by Gasteiger charge is 2.30. The van der Waals surface area contributed by atoms with Crippen LogP contribution < -0.4 is 5.30 Å². The summed E-state index contributed by atoms with van der Waals surface area (Å²) in [6.45, 7) is 6.43. The molecule has 2 N–H and O–H groups in total. The highest BCUT2D eigenvalue weighted by molar-refractivity contribution is 7.60. The van der Waals surface area contributed by atoms with E-state index in [0.29, 0.717) is 11.1 Å². The summed E-state index contributed by atoms with van der Waals surface area (Å²) >= 11 is 0. The maximum atomic E-state index is 13.0. The molecule has 25 heavy (non-hydrogen) atoms. The number of carbonyl (C=O) groups excluding carboxylic acids is 1. The first-order valence-electron chi connectivity index (χ1n) is 8.59. The highest BCUT2D eigenvalue weighted by atomic mass is 31.2. The predicted octanol–water partition coefficient (Wildman–Crippen LogP) is 4.19. The van der Waals surface area contributed by atoms with Crippen LogP contribution in [0.25, 0.3) is 0 Å². The van der Waals surface area contributed by atoms with Gasteiger partial charge >= 0.3 is 7.60 Å². The van der Waals surface area contributed by atoms with E-state index in [2.05, 4.69) is 20.8 Å². The monoisotopic (exact) mass is 360 g/mol. The van der Waals surface area contributed by atoms with E-state index < -0.39 is 7.60 Å². The molecular formula is C20H25O4P. The molecule has 0 aliphatic carbocycles. The molecule has 2 aromatic carbocycles. The molecule has 0 aliphatic rings. The predicted molar refractivity (Wildman–Crippen MR) is 101 cm³/mol. The highest BCUT2D eigenvalue weighted by Crippen LogP contribution is 2.38. The quantitative estimate of drug-likeness (QED) is 0.573. The van der Waals surface area contributed by atoms with Crippen LogP contribution in [0.3, 0.4) is 0 Å². The van der Waals surface area contributed by atoms with Gasteiger partial charge in [-0.1, -0.05) is 57.2 Å². The smallest absolute Gasteiger partial charge is 0.321 e. The van der Waals surface area contributed by atoms with Gasteiger partial charge in [-0.2, -0.15) is 0 Å². The van der Waals surface area contributed by atoms with Gasteiger partial charge in [-0.25, -0.2) is 0 Å². The minimum absolute atomic E-state index is 0.0436. The number of ketones is 1. The summed E-state index contributed by atoms with van der Waals surface area (Å²) in [5.41, 5.74) is 2.10. The van der Waals surface area contributed by atoms with E-state index in [1.54, 1.807) is 0 Å². The van der Waals surface area contributed by atoms with Gasteiger partial charge in [0.05, 0.1) is 5.30 Å². The third-order valence-corrected chi connectivity index (χ3v) is 6.21. The molecule has 0 heterocycles. The van der Waals surface area contributed by atoms with Gasteiger partial charge in [0.15, 0.2) is 5.78 Å². The molecule has 0 unspecified atom stereocenters. The molecule has 0 fully saturated rings. The summed E-state index contributed by atoms with van der Waals surface area (Å²) in [6, 6.07) is 13.3. The minimum Gasteiger partial charge on any atom is -0.321 e.